The van der Waals surface area contributed by atoms with Crippen molar-refractivity contribution in [3.8, 4) is 0 Å². The van der Waals surface area contributed by atoms with Crippen molar-refractivity contribution in [1.82, 2.24) is 14.9 Å². The topological polar surface area (TPSA) is 64.0 Å². The lowest BCUT2D eigenvalue weighted by Gasteiger charge is -2.33. The number of nitrogens with one attached hydrogen (secondary N) is 1. The van der Waals surface area contributed by atoms with E-state index in [1.807, 2.05) is 5.32 Å². The third kappa shape index (κ3) is 3.20. The maximum Gasteiger partial charge on any atom is 0.438 e. The largest absolute Gasteiger partial charge is 0.438 e. The van der Waals surface area contributed by atoms with Gasteiger partial charge in [-0.05, 0) is 24.5 Å². The average Bonchev–Trinajstić information content (AvgIpc) is 3.33. The number of halogens is 5. The van der Waals surface area contributed by atoms with Gasteiger partial charge in [-0.25, -0.2) is 4.98 Å². The molecule has 1 saturated carbocycles. The van der Waals surface area contributed by atoms with Gasteiger partial charge in [-0.3, -0.25) is 14.2 Å². The summed E-state index contributed by atoms with van der Waals surface area (Å²) in [5, 5.41) is 2.15. The van der Waals surface area contributed by atoms with Crippen molar-refractivity contribution in [3.05, 3.63) is 28.0 Å². The summed E-state index contributed by atoms with van der Waals surface area (Å²) in [5.41, 5.74) is -3.13. The second-order valence-electron chi connectivity index (χ2n) is 7.64. The van der Waals surface area contributed by atoms with E-state index in [1.165, 1.54) is 12.1 Å². The summed E-state index contributed by atoms with van der Waals surface area (Å²) in [6.07, 6.45) is -1.07. The van der Waals surface area contributed by atoms with Crippen molar-refractivity contribution >= 4 is 45.9 Å². The van der Waals surface area contributed by atoms with E-state index in [4.69, 9.17) is 23.2 Å². The zero-order chi connectivity index (χ0) is 21.0. The highest BCUT2D eigenvalue weighted by Crippen LogP contribution is 2.45. The first-order chi connectivity index (χ1) is 13.6. The standard InChI is InChI=1S/C19H18Cl2F3N3O2/c20-11-6-7-12-17(16(11)21)25-14-9-13(28)18(27(12)14,19(22,23)24)26-15(29)8-5-10-3-1-2-4-10/h6-7,10H,1-5,8-9H2,(H,26,29). The van der Waals surface area contributed by atoms with Crippen LogP contribution in [0.3, 0.4) is 0 Å². The molecule has 156 valence electrons. The van der Waals surface area contributed by atoms with E-state index in [9.17, 15) is 22.8 Å². The van der Waals surface area contributed by atoms with Crippen LogP contribution >= 0.6 is 23.2 Å². The number of alkyl halides is 3. The number of Topliss-reactive ketones (excluding diaryl/α,β-unsaturated/α-hetero) is 1. The summed E-state index contributed by atoms with van der Waals surface area (Å²) >= 11 is 12.1. The highest BCUT2D eigenvalue weighted by atomic mass is 35.5. The summed E-state index contributed by atoms with van der Waals surface area (Å²) in [6, 6.07) is 2.66. The summed E-state index contributed by atoms with van der Waals surface area (Å²) in [4.78, 5) is 29.2. The summed E-state index contributed by atoms with van der Waals surface area (Å²) < 4.78 is 43.6. The Hall–Kier alpha value is -1.80. The first-order valence-corrected chi connectivity index (χ1v) is 10.2. The van der Waals surface area contributed by atoms with Gasteiger partial charge in [-0.15, -0.1) is 0 Å². The molecule has 0 bridgehead atoms. The van der Waals surface area contributed by atoms with Crippen LogP contribution in [-0.4, -0.2) is 27.4 Å². The molecule has 10 heteroatoms. The van der Waals surface area contributed by atoms with E-state index in [-0.39, 0.29) is 33.3 Å². The van der Waals surface area contributed by atoms with Gasteiger partial charge in [0.05, 0.1) is 22.0 Å². The number of fused-ring (bicyclic) bond motifs is 3. The molecule has 2 aliphatic rings. The van der Waals surface area contributed by atoms with Gasteiger partial charge >= 0.3 is 6.18 Å². The number of imidazole rings is 1. The van der Waals surface area contributed by atoms with E-state index >= 15 is 0 Å². The number of amides is 1. The third-order valence-electron chi connectivity index (χ3n) is 5.83. The first-order valence-electron chi connectivity index (χ1n) is 9.42. The normalized spacial score (nSPS) is 22.4. The van der Waals surface area contributed by atoms with Crippen LogP contribution in [0.5, 0.6) is 0 Å². The molecule has 1 aromatic heterocycles. The molecular formula is C19H18Cl2F3N3O2. The number of ketones is 1. The predicted molar refractivity (Wildman–Crippen MR) is 102 cm³/mol. The van der Waals surface area contributed by atoms with E-state index in [1.54, 1.807) is 0 Å². The molecule has 1 amide bonds. The van der Waals surface area contributed by atoms with Crippen molar-refractivity contribution in [2.45, 2.75) is 56.8 Å². The number of hydrogen-bond donors (Lipinski definition) is 1. The van der Waals surface area contributed by atoms with Gasteiger partial charge in [-0.2, -0.15) is 13.2 Å². The number of hydrogen-bond acceptors (Lipinski definition) is 3. The number of carbonyl (C=O) groups is 2. The monoisotopic (exact) mass is 447 g/mol. The molecule has 1 atom stereocenters. The summed E-state index contributed by atoms with van der Waals surface area (Å²) in [5.74, 6) is -1.75. The minimum atomic E-state index is -5.06. The fourth-order valence-corrected chi connectivity index (χ4v) is 4.76. The van der Waals surface area contributed by atoms with Crippen molar-refractivity contribution in [2.75, 3.05) is 0 Å². The summed E-state index contributed by atoms with van der Waals surface area (Å²) in [7, 11) is 0. The Bertz CT molecular complexity index is 999. The molecule has 4 rings (SSSR count). The van der Waals surface area contributed by atoms with Crippen LogP contribution in [0.1, 0.15) is 44.3 Å². The van der Waals surface area contributed by atoms with Crippen LogP contribution in [0.2, 0.25) is 10.0 Å². The Balaban J connectivity index is 1.74. The highest BCUT2D eigenvalue weighted by Gasteiger charge is 2.66. The second kappa shape index (κ2) is 7.16. The first kappa shape index (κ1) is 20.5. The summed E-state index contributed by atoms with van der Waals surface area (Å²) in [6.45, 7) is 0. The maximum absolute atomic E-state index is 14.3. The number of nitrogens with zero attached hydrogens (tertiary/aromatic N) is 2. The fourth-order valence-electron chi connectivity index (χ4n) is 4.40. The lowest BCUT2D eigenvalue weighted by molar-refractivity contribution is -0.218. The number of benzene rings is 1. The average molecular weight is 448 g/mol. The minimum Gasteiger partial charge on any atom is -0.319 e. The molecule has 0 spiro atoms. The van der Waals surface area contributed by atoms with Gasteiger partial charge in [0.25, 0.3) is 5.66 Å². The molecule has 0 saturated heterocycles. The SMILES string of the molecule is O=C(CCC1CCCC1)NC1(C(F)(F)F)C(=O)Cc2nc3c(Cl)c(Cl)ccc3n21. The van der Waals surface area contributed by atoms with Gasteiger partial charge in [0, 0.05) is 6.42 Å². The van der Waals surface area contributed by atoms with E-state index in [0.717, 1.165) is 30.3 Å². The van der Waals surface area contributed by atoms with Crippen LogP contribution in [-0.2, 0) is 21.7 Å². The van der Waals surface area contributed by atoms with Crippen molar-refractivity contribution in [2.24, 2.45) is 5.92 Å². The molecule has 1 aliphatic carbocycles. The molecule has 1 unspecified atom stereocenters. The van der Waals surface area contributed by atoms with Crippen LogP contribution < -0.4 is 5.32 Å². The van der Waals surface area contributed by atoms with Crippen LogP contribution in [0.4, 0.5) is 13.2 Å². The minimum absolute atomic E-state index is 0.00199. The molecule has 29 heavy (non-hydrogen) atoms. The molecule has 1 aliphatic heterocycles. The van der Waals surface area contributed by atoms with Gasteiger partial charge in [0.15, 0.2) is 5.78 Å². The Morgan fingerprint density at radius 3 is 2.62 bits per heavy atom. The van der Waals surface area contributed by atoms with E-state index in [2.05, 4.69) is 4.98 Å². The van der Waals surface area contributed by atoms with Gasteiger partial charge in [0.1, 0.15) is 11.3 Å². The lowest BCUT2D eigenvalue weighted by Crippen LogP contribution is -2.62. The van der Waals surface area contributed by atoms with Crippen molar-refractivity contribution in [3.63, 3.8) is 0 Å². The highest BCUT2D eigenvalue weighted by molar-refractivity contribution is 6.45. The Labute approximate surface area is 174 Å². The number of aromatic nitrogens is 2. The smallest absolute Gasteiger partial charge is 0.319 e. The molecule has 1 fully saturated rings. The zero-order valence-corrected chi connectivity index (χ0v) is 16.8. The maximum atomic E-state index is 14.3. The molecule has 1 aromatic carbocycles. The number of carbonyl (C=O) groups excluding carboxylic acids is 2. The number of rotatable bonds is 4. The van der Waals surface area contributed by atoms with Gasteiger partial charge < -0.3 is 5.32 Å². The van der Waals surface area contributed by atoms with Crippen LogP contribution in [0.15, 0.2) is 12.1 Å². The second-order valence-corrected chi connectivity index (χ2v) is 8.42. The van der Waals surface area contributed by atoms with Crippen LogP contribution in [0.25, 0.3) is 11.0 Å². The van der Waals surface area contributed by atoms with Gasteiger partial charge in [0.2, 0.25) is 5.91 Å². The predicted octanol–water partition coefficient (Wildman–Crippen LogP) is 4.77. The van der Waals surface area contributed by atoms with Crippen molar-refractivity contribution < 1.29 is 22.8 Å². The van der Waals surface area contributed by atoms with E-state index < -0.39 is 30.0 Å². The Morgan fingerprint density at radius 1 is 1.28 bits per heavy atom. The molecule has 0 radical (unpaired) electrons. The molecular weight excluding hydrogens is 430 g/mol. The third-order valence-corrected chi connectivity index (χ3v) is 6.62. The fraction of sp³-hybridized carbons (Fsp3) is 0.526. The molecule has 2 heterocycles. The lowest BCUT2D eigenvalue weighted by atomic mass is 10.00. The van der Waals surface area contributed by atoms with Crippen LogP contribution in [0, 0.1) is 5.92 Å². The van der Waals surface area contributed by atoms with Gasteiger partial charge in [-0.1, -0.05) is 48.9 Å². The zero-order valence-electron chi connectivity index (χ0n) is 15.3. The molecule has 5 nitrogen and oxygen atoms in total. The molecule has 2 aromatic rings. The Kier molecular flexibility index (Phi) is 5.06. The van der Waals surface area contributed by atoms with Crippen molar-refractivity contribution in [1.29, 1.82) is 0 Å². The molecule has 1 N–H and O–H groups in total. The van der Waals surface area contributed by atoms with E-state index in [0.29, 0.717) is 12.3 Å². The Morgan fingerprint density at radius 2 is 1.97 bits per heavy atom. The quantitative estimate of drug-likeness (QED) is 0.733.